The van der Waals surface area contributed by atoms with Gasteiger partial charge in [-0.25, -0.2) is 0 Å². The number of pyridine rings is 1. The van der Waals surface area contributed by atoms with E-state index in [1.165, 1.54) is 5.56 Å². The van der Waals surface area contributed by atoms with Crippen molar-refractivity contribution in [1.82, 2.24) is 20.0 Å². The summed E-state index contributed by atoms with van der Waals surface area (Å²) in [6.07, 6.45) is 5.19. The Morgan fingerprint density at radius 3 is 2.81 bits per heavy atom. The summed E-state index contributed by atoms with van der Waals surface area (Å²) < 4.78 is 11.2. The van der Waals surface area contributed by atoms with Crippen LogP contribution in [0.15, 0.2) is 59.3 Å². The molecule has 3 heterocycles. The standard InChI is InChI=1S/C20H20N4O2/c1-2-6-16(7-3-1)14-24-12-13-25-18(15-24)20-22-19(26-23-20)10-9-17-8-4-5-11-21-17/h1-11,18H,12-15H2/b10-9+. The zero-order valence-electron chi connectivity index (χ0n) is 14.4. The third-order valence-corrected chi connectivity index (χ3v) is 4.23. The lowest BCUT2D eigenvalue weighted by atomic mass is 10.2. The molecule has 132 valence electrons. The maximum Gasteiger partial charge on any atom is 0.250 e. The topological polar surface area (TPSA) is 64.3 Å². The molecule has 0 bridgehead atoms. The molecule has 3 aromatic rings. The molecular weight excluding hydrogens is 328 g/mol. The van der Waals surface area contributed by atoms with Gasteiger partial charge in [0, 0.05) is 31.9 Å². The van der Waals surface area contributed by atoms with Crippen LogP contribution in [0.5, 0.6) is 0 Å². The van der Waals surface area contributed by atoms with Gasteiger partial charge in [0.2, 0.25) is 5.82 Å². The average Bonchev–Trinajstić information content (AvgIpc) is 3.17. The van der Waals surface area contributed by atoms with Gasteiger partial charge < -0.3 is 9.26 Å². The van der Waals surface area contributed by atoms with E-state index in [-0.39, 0.29) is 6.10 Å². The zero-order chi connectivity index (χ0) is 17.6. The van der Waals surface area contributed by atoms with Crippen molar-refractivity contribution in [3.05, 3.63) is 77.7 Å². The Labute approximate surface area is 152 Å². The highest BCUT2D eigenvalue weighted by molar-refractivity contribution is 5.63. The van der Waals surface area contributed by atoms with Gasteiger partial charge in [-0.05, 0) is 23.8 Å². The number of hydrogen-bond acceptors (Lipinski definition) is 6. The van der Waals surface area contributed by atoms with Gasteiger partial charge in [0.25, 0.3) is 5.89 Å². The van der Waals surface area contributed by atoms with Gasteiger partial charge in [-0.3, -0.25) is 9.88 Å². The van der Waals surface area contributed by atoms with E-state index in [1.54, 1.807) is 12.3 Å². The summed E-state index contributed by atoms with van der Waals surface area (Å²) in [6, 6.07) is 16.2. The van der Waals surface area contributed by atoms with Crippen LogP contribution in [-0.4, -0.2) is 39.7 Å². The van der Waals surface area contributed by atoms with E-state index >= 15 is 0 Å². The first-order valence-electron chi connectivity index (χ1n) is 8.67. The molecule has 1 atom stereocenters. The van der Waals surface area contributed by atoms with Crippen LogP contribution in [0, 0.1) is 0 Å². The molecule has 1 aliphatic heterocycles. The minimum absolute atomic E-state index is 0.173. The summed E-state index contributed by atoms with van der Waals surface area (Å²) in [6.45, 7) is 3.20. The minimum atomic E-state index is -0.173. The maximum absolute atomic E-state index is 5.84. The monoisotopic (exact) mass is 348 g/mol. The van der Waals surface area contributed by atoms with Crippen molar-refractivity contribution in [3.63, 3.8) is 0 Å². The molecule has 26 heavy (non-hydrogen) atoms. The lowest BCUT2D eigenvalue weighted by Crippen LogP contribution is -2.38. The van der Waals surface area contributed by atoms with Gasteiger partial charge in [0.1, 0.15) is 6.10 Å². The fourth-order valence-corrected chi connectivity index (χ4v) is 2.92. The van der Waals surface area contributed by atoms with E-state index in [0.717, 1.165) is 25.3 Å². The molecule has 1 unspecified atom stereocenters. The van der Waals surface area contributed by atoms with Crippen molar-refractivity contribution >= 4 is 12.2 Å². The first kappa shape index (κ1) is 16.6. The van der Waals surface area contributed by atoms with Gasteiger partial charge in [-0.2, -0.15) is 4.98 Å². The Kier molecular flexibility index (Phi) is 5.14. The molecule has 2 aromatic heterocycles. The number of nitrogens with zero attached hydrogens (tertiary/aromatic N) is 4. The Morgan fingerprint density at radius 2 is 1.96 bits per heavy atom. The smallest absolute Gasteiger partial charge is 0.250 e. The summed E-state index contributed by atoms with van der Waals surface area (Å²) >= 11 is 0. The highest BCUT2D eigenvalue weighted by Gasteiger charge is 2.26. The van der Waals surface area contributed by atoms with Crippen molar-refractivity contribution in [2.45, 2.75) is 12.6 Å². The van der Waals surface area contributed by atoms with Gasteiger partial charge >= 0.3 is 0 Å². The highest BCUT2D eigenvalue weighted by Crippen LogP contribution is 2.21. The summed E-state index contributed by atoms with van der Waals surface area (Å²) in [7, 11) is 0. The van der Waals surface area contributed by atoms with Crippen molar-refractivity contribution in [1.29, 1.82) is 0 Å². The van der Waals surface area contributed by atoms with E-state index in [9.17, 15) is 0 Å². The van der Waals surface area contributed by atoms with Crippen LogP contribution in [0.25, 0.3) is 12.2 Å². The lowest BCUT2D eigenvalue weighted by molar-refractivity contribution is -0.0380. The van der Waals surface area contributed by atoms with Crippen LogP contribution in [0.1, 0.15) is 29.1 Å². The molecule has 0 saturated carbocycles. The Hall–Kier alpha value is -2.83. The molecule has 0 amide bonds. The van der Waals surface area contributed by atoms with E-state index < -0.39 is 0 Å². The van der Waals surface area contributed by atoms with Crippen LogP contribution in [0.3, 0.4) is 0 Å². The molecule has 0 aliphatic carbocycles. The molecule has 1 saturated heterocycles. The molecule has 0 radical (unpaired) electrons. The zero-order valence-corrected chi connectivity index (χ0v) is 14.4. The van der Waals surface area contributed by atoms with Crippen LogP contribution in [0.4, 0.5) is 0 Å². The third kappa shape index (κ3) is 4.22. The number of benzene rings is 1. The summed E-state index contributed by atoms with van der Waals surface area (Å²) in [5.41, 5.74) is 2.13. The Balaban J connectivity index is 1.39. The Bertz CT molecular complexity index is 849. The number of aromatic nitrogens is 3. The normalized spacial score (nSPS) is 18.4. The van der Waals surface area contributed by atoms with Crippen molar-refractivity contribution in [2.75, 3.05) is 19.7 Å². The lowest BCUT2D eigenvalue weighted by Gasteiger charge is -2.31. The highest BCUT2D eigenvalue weighted by atomic mass is 16.5. The molecule has 0 N–H and O–H groups in total. The van der Waals surface area contributed by atoms with Crippen LogP contribution >= 0.6 is 0 Å². The van der Waals surface area contributed by atoms with E-state index in [1.807, 2.05) is 30.3 Å². The predicted molar refractivity (Wildman–Crippen MR) is 97.9 cm³/mol. The fraction of sp³-hybridized carbons (Fsp3) is 0.250. The largest absolute Gasteiger partial charge is 0.367 e. The van der Waals surface area contributed by atoms with E-state index in [0.29, 0.717) is 18.3 Å². The van der Waals surface area contributed by atoms with Gasteiger partial charge in [-0.1, -0.05) is 41.6 Å². The van der Waals surface area contributed by atoms with Crippen molar-refractivity contribution < 1.29 is 9.26 Å². The molecular formula is C20H20N4O2. The molecule has 1 fully saturated rings. The number of rotatable bonds is 5. The molecule has 1 aromatic carbocycles. The van der Waals surface area contributed by atoms with E-state index in [4.69, 9.17) is 9.26 Å². The second-order valence-corrected chi connectivity index (χ2v) is 6.16. The van der Waals surface area contributed by atoms with E-state index in [2.05, 4.69) is 44.3 Å². The number of morpholine rings is 1. The summed E-state index contributed by atoms with van der Waals surface area (Å²) in [4.78, 5) is 11.0. The fourth-order valence-electron chi connectivity index (χ4n) is 2.92. The second-order valence-electron chi connectivity index (χ2n) is 6.16. The second kappa shape index (κ2) is 8.03. The van der Waals surface area contributed by atoms with Crippen LogP contribution < -0.4 is 0 Å². The van der Waals surface area contributed by atoms with Gasteiger partial charge in [-0.15, -0.1) is 0 Å². The Morgan fingerprint density at radius 1 is 1.08 bits per heavy atom. The molecule has 0 spiro atoms. The van der Waals surface area contributed by atoms with Crippen LogP contribution in [-0.2, 0) is 11.3 Å². The quantitative estimate of drug-likeness (QED) is 0.705. The average molecular weight is 348 g/mol. The van der Waals surface area contributed by atoms with Crippen molar-refractivity contribution in [3.8, 4) is 0 Å². The predicted octanol–water partition coefficient (Wildman–Crippen LogP) is 3.21. The SMILES string of the molecule is C(=C\c1nc(C2CN(Cc3ccccc3)CCO2)no1)/c1ccccn1. The third-order valence-electron chi connectivity index (χ3n) is 4.23. The summed E-state index contributed by atoms with van der Waals surface area (Å²) in [5, 5.41) is 4.08. The molecule has 6 nitrogen and oxygen atoms in total. The van der Waals surface area contributed by atoms with Gasteiger partial charge in [0.15, 0.2) is 0 Å². The minimum Gasteiger partial charge on any atom is -0.367 e. The summed E-state index contributed by atoms with van der Waals surface area (Å²) in [5.74, 6) is 1.04. The van der Waals surface area contributed by atoms with Gasteiger partial charge in [0.05, 0.1) is 12.3 Å². The maximum atomic E-state index is 5.84. The number of hydrogen-bond donors (Lipinski definition) is 0. The number of ether oxygens (including phenoxy) is 1. The first-order chi connectivity index (χ1) is 12.9. The molecule has 1 aliphatic rings. The first-order valence-corrected chi connectivity index (χ1v) is 8.67. The molecule has 6 heteroatoms. The van der Waals surface area contributed by atoms with Crippen molar-refractivity contribution in [2.24, 2.45) is 0 Å². The van der Waals surface area contributed by atoms with Crippen LogP contribution in [0.2, 0.25) is 0 Å². The molecule has 4 rings (SSSR count).